The van der Waals surface area contributed by atoms with E-state index in [4.69, 9.17) is 0 Å². The summed E-state index contributed by atoms with van der Waals surface area (Å²) in [6, 6.07) is 0. The maximum absolute atomic E-state index is 9.95. The lowest BCUT2D eigenvalue weighted by molar-refractivity contribution is 0.148. The highest BCUT2D eigenvalue weighted by atomic mass is 16.3. The second-order valence-electron chi connectivity index (χ2n) is 5.02. The first-order valence-electron chi connectivity index (χ1n) is 5.70. The van der Waals surface area contributed by atoms with Crippen molar-refractivity contribution in [2.75, 3.05) is 0 Å². The fourth-order valence-electron chi connectivity index (χ4n) is 2.99. The van der Waals surface area contributed by atoms with E-state index in [9.17, 15) is 5.11 Å². The summed E-state index contributed by atoms with van der Waals surface area (Å²) < 4.78 is 0. The lowest BCUT2D eigenvalue weighted by Crippen LogP contribution is -2.21. The first-order valence-corrected chi connectivity index (χ1v) is 5.70. The first-order chi connectivity index (χ1) is 6.63. The molecule has 78 valence electrons. The van der Waals surface area contributed by atoms with Crippen LogP contribution in [-0.4, -0.2) is 11.2 Å². The zero-order chi connectivity index (χ0) is 10.2. The number of aliphatic hydroxyl groups excluding tert-OH is 1. The first kappa shape index (κ1) is 9.97. The zero-order valence-electron chi connectivity index (χ0n) is 9.05. The van der Waals surface area contributed by atoms with Gasteiger partial charge in [0.05, 0.1) is 6.10 Å². The molecular weight excluding hydrogens is 172 g/mol. The quantitative estimate of drug-likeness (QED) is 0.676. The van der Waals surface area contributed by atoms with Gasteiger partial charge in [0.25, 0.3) is 0 Å². The van der Waals surface area contributed by atoms with Gasteiger partial charge in [0.15, 0.2) is 0 Å². The van der Waals surface area contributed by atoms with Gasteiger partial charge in [-0.2, -0.15) is 0 Å². The van der Waals surface area contributed by atoms with Gasteiger partial charge in [0.1, 0.15) is 0 Å². The van der Waals surface area contributed by atoms with Crippen LogP contribution in [0.1, 0.15) is 45.4 Å². The Morgan fingerprint density at radius 2 is 2.07 bits per heavy atom. The van der Waals surface area contributed by atoms with Gasteiger partial charge in [-0.3, -0.25) is 0 Å². The van der Waals surface area contributed by atoms with E-state index in [-0.39, 0.29) is 6.10 Å². The normalized spacial score (nSPS) is 30.4. The predicted octanol–water partition coefficient (Wildman–Crippen LogP) is 3.20. The number of aliphatic hydroxyl groups is 1. The summed E-state index contributed by atoms with van der Waals surface area (Å²) in [5, 5.41) is 9.95. The molecular formula is C13H20O. The number of rotatable bonds is 1. The average Bonchev–Trinajstić information content (AvgIpc) is 2.44. The van der Waals surface area contributed by atoms with Crippen LogP contribution in [0, 0.1) is 5.41 Å². The summed E-state index contributed by atoms with van der Waals surface area (Å²) in [6.45, 7) is 5.93. The van der Waals surface area contributed by atoms with Crippen LogP contribution in [0.5, 0.6) is 0 Å². The van der Waals surface area contributed by atoms with Crippen LogP contribution in [0.4, 0.5) is 0 Å². The number of allylic oxidation sites excluding steroid dienone is 1. The van der Waals surface area contributed by atoms with Gasteiger partial charge in [-0.25, -0.2) is 0 Å². The van der Waals surface area contributed by atoms with Crippen molar-refractivity contribution >= 4 is 0 Å². The zero-order valence-corrected chi connectivity index (χ0v) is 9.05. The molecule has 1 heteroatoms. The highest BCUT2D eigenvalue weighted by molar-refractivity contribution is 5.36. The molecule has 2 aliphatic rings. The third-order valence-electron chi connectivity index (χ3n) is 3.76. The number of hydrogen-bond donors (Lipinski definition) is 1. The molecule has 0 heterocycles. The van der Waals surface area contributed by atoms with Crippen LogP contribution < -0.4 is 0 Å². The highest BCUT2D eigenvalue weighted by Crippen LogP contribution is 2.48. The summed E-state index contributed by atoms with van der Waals surface area (Å²) in [5.41, 5.74) is 2.47. The average molecular weight is 192 g/mol. The molecule has 0 aromatic rings. The summed E-state index contributed by atoms with van der Waals surface area (Å²) in [5.74, 6) is 0. The molecule has 1 N–H and O–H groups in total. The van der Waals surface area contributed by atoms with Crippen LogP contribution in [0.15, 0.2) is 23.8 Å². The molecule has 14 heavy (non-hydrogen) atoms. The molecule has 0 aliphatic heterocycles. The molecule has 0 radical (unpaired) electrons. The van der Waals surface area contributed by atoms with Crippen LogP contribution in [0.25, 0.3) is 0 Å². The molecule has 0 aromatic carbocycles. The summed E-state index contributed by atoms with van der Waals surface area (Å²) in [4.78, 5) is 0. The van der Waals surface area contributed by atoms with E-state index in [1.54, 1.807) is 0 Å². The van der Waals surface area contributed by atoms with E-state index >= 15 is 0 Å². The van der Waals surface area contributed by atoms with Gasteiger partial charge in [0, 0.05) is 0 Å². The van der Waals surface area contributed by atoms with Crippen molar-refractivity contribution in [3.63, 3.8) is 0 Å². The van der Waals surface area contributed by atoms with Crippen molar-refractivity contribution in [3.8, 4) is 0 Å². The maximum Gasteiger partial charge on any atom is 0.0797 e. The third-order valence-corrected chi connectivity index (χ3v) is 3.76. The van der Waals surface area contributed by atoms with Gasteiger partial charge >= 0.3 is 0 Å². The van der Waals surface area contributed by atoms with Gasteiger partial charge in [0.2, 0.25) is 0 Å². The standard InChI is InChI=1S/C13H20O/c1-10(2)11-8-13(9-12(11)14)6-4-3-5-7-13/h8,12,14H,1,3-7,9H2,2H3. The lowest BCUT2D eigenvalue weighted by atomic mass is 9.74. The van der Waals surface area contributed by atoms with Crippen LogP contribution >= 0.6 is 0 Å². The van der Waals surface area contributed by atoms with E-state index in [1.807, 2.05) is 6.92 Å². The minimum Gasteiger partial charge on any atom is -0.388 e. The largest absolute Gasteiger partial charge is 0.388 e. The molecule has 2 aliphatic carbocycles. The summed E-state index contributed by atoms with van der Waals surface area (Å²) in [7, 11) is 0. The Hall–Kier alpha value is -0.560. The van der Waals surface area contributed by atoms with E-state index in [2.05, 4.69) is 12.7 Å². The molecule has 0 bridgehead atoms. The summed E-state index contributed by atoms with van der Waals surface area (Å²) in [6.07, 6.45) is 9.56. The van der Waals surface area contributed by atoms with Gasteiger partial charge in [-0.15, -0.1) is 0 Å². The molecule has 0 amide bonds. The van der Waals surface area contributed by atoms with Gasteiger partial charge < -0.3 is 5.11 Å². The molecule has 0 aromatic heterocycles. The number of hydrogen-bond acceptors (Lipinski definition) is 1. The smallest absolute Gasteiger partial charge is 0.0797 e. The SMILES string of the molecule is C=C(C)C1=CC2(CCCCC2)CC1O. The predicted molar refractivity (Wildman–Crippen MR) is 59.0 cm³/mol. The highest BCUT2D eigenvalue weighted by Gasteiger charge is 2.38. The Morgan fingerprint density at radius 3 is 2.57 bits per heavy atom. The van der Waals surface area contributed by atoms with Crippen LogP contribution in [0.2, 0.25) is 0 Å². The minimum atomic E-state index is -0.245. The van der Waals surface area contributed by atoms with E-state index < -0.39 is 0 Å². The monoisotopic (exact) mass is 192 g/mol. The van der Waals surface area contributed by atoms with Crippen LogP contribution in [-0.2, 0) is 0 Å². The molecule has 1 atom stereocenters. The summed E-state index contributed by atoms with van der Waals surface area (Å²) >= 11 is 0. The topological polar surface area (TPSA) is 20.2 Å². The Balaban J connectivity index is 2.20. The maximum atomic E-state index is 9.95. The van der Waals surface area contributed by atoms with Crippen molar-refractivity contribution < 1.29 is 5.11 Å². The van der Waals surface area contributed by atoms with Crippen molar-refractivity contribution in [3.05, 3.63) is 23.8 Å². The Kier molecular flexibility index (Phi) is 2.52. The third kappa shape index (κ3) is 1.66. The molecule has 1 fully saturated rings. The molecule has 1 unspecified atom stereocenters. The van der Waals surface area contributed by atoms with Crippen molar-refractivity contribution in [1.82, 2.24) is 0 Å². The Labute approximate surface area is 86.5 Å². The Morgan fingerprint density at radius 1 is 1.43 bits per heavy atom. The Bertz CT molecular complexity index is 269. The molecule has 0 saturated heterocycles. The lowest BCUT2D eigenvalue weighted by Gasteiger charge is -2.31. The van der Waals surface area contributed by atoms with E-state index in [0.717, 1.165) is 17.6 Å². The second-order valence-corrected chi connectivity index (χ2v) is 5.02. The molecule has 1 spiro atoms. The minimum absolute atomic E-state index is 0.245. The van der Waals surface area contributed by atoms with E-state index in [0.29, 0.717) is 5.41 Å². The molecule has 2 rings (SSSR count). The van der Waals surface area contributed by atoms with E-state index in [1.165, 1.54) is 32.1 Å². The molecule has 1 saturated carbocycles. The van der Waals surface area contributed by atoms with Crippen molar-refractivity contribution in [1.29, 1.82) is 0 Å². The fourth-order valence-corrected chi connectivity index (χ4v) is 2.99. The van der Waals surface area contributed by atoms with Gasteiger partial charge in [-0.1, -0.05) is 37.5 Å². The van der Waals surface area contributed by atoms with Crippen molar-refractivity contribution in [2.45, 2.75) is 51.6 Å². The fraction of sp³-hybridized carbons (Fsp3) is 0.692. The second kappa shape index (κ2) is 3.54. The van der Waals surface area contributed by atoms with Crippen LogP contribution in [0.3, 0.4) is 0 Å². The van der Waals surface area contributed by atoms with Gasteiger partial charge in [-0.05, 0) is 37.2 Å². The molecule has 1 nitrogen and oxygen atoms in total. The van der Waals surface area contributed by atoms with Crippen molar-refractivity contribution in [2.24, 2.45) is 5.41 Å².